The van der Waals surface area contributed by atoms with Crippen LogP contribution in [0.2, 0.25) is 0 Å². The van der Waals surface area contributed by atoms with E-state index >= 15 is 0 Å². The molecule has 0 bridgehead atoms. The van der Waals surface area contributed by atoms with Crippen LogP contribution in [-0.4, -0.2) is 54.2 Å². The molecule has 0 unspecified atom stereocenters. The summed E-state index contributed by atoms with van der Waals surface area (Å²) in [5.74, 6) is 0.139. The number of piperazine rings is 1. The summed E-state index contributed by atoms with van der Waals surface area (Å²) in [5.41, 5.74) is 0.766. The second kappa shape index (κ2) is 8.24. The molecule has 1 aromatic rings. The van der Waals surface area contributed by atoms with Crippen LogP contribution in [0.4, 0.5) is 14.5 Å². The zero-order chi connectivity index (χ0) is 15.9. The van der Waals surface area contributed by atoms with E-state index in [-0.39, 0.29) is 5.75 Å². The fourth-order valence-corrected chi connectivity index (χ4v) is 2.71. The highest BCUT2D eigenvalue weighted by atomic mass is 32.1. The van der Waals surface area contributed by atoms with Gasteiger partial charge in [0, 0.05) is 31.9 Å². The minimum absolute atomic E-state index is 0.139. The van der Waals surface area contributed by atoms with E-state index in [2.05, 4.69) is 26.8 Å². The number of benzene rings is 1. The average Bonchev–Trinajstić information content (AvgIpc) is 2.50. The molecule has 4 nitrogen and oxygen atoms in total. The molecule has 1 saturated heterocycles. The van der Waals surface area contributed by atoms with Gasteiger partial charge in [-0.3, -0.25) is 4.90 Å². The Balaban J connectivity index is 1.82. The van der Waals surface area contributed by atoms with Gasteiger partial charge in [0.05, 0.1) is 0 Å². The smallest absolute Gasteiger partial charge is 0.387 e. The SMILES string of the molecule is CCCN1CCN(C(=S)Nc2ccc(OC(F)F)cc2)CC1. The molecule has 0 aliphatic carbocycles. The second-order valence-electron chi connectivity index (χ2n) is 5.16. The maximum atomic E-state index is 12.1. The van der Waals surface area contributed by atoms with Gasteiger partial charge in [-0.15, -0.1) is 0 Å². The zero-order valence-corrected chi connectivity index (χ0v) is 13.4. The minimum atomic E-state index is -2.81. The molecule has 22 heavy (non-hydrogen) atoms. The largest absolute Gasteiger partial charge is 0.435 e. The van der Waals surface area contributed by atoms with Gasteiger partial charge in [-0.2, -0.15) is 8.78 Å². The van der Waals surface area contributed by atoms with Crippen LogP contribution in [0.1, 0.15) is 13.3 Å². The third-order valence-electron chi connectivity index (χ3n) is 3.53. The summed E-state index contributed by atoms with van der Waals surface area (Å²) in [6.07, 6.45) is 1.16. The number of hydrogen-bond acceptors (Lipinski definition) is 3. The highest BCUT2D eigenvalue weighted by Crippen LogP contribution is 2.18. The maximum absolute atomic E-state index is 12.1. The fraction of sp³-hybridized carbons (Fsp3) is 0.533. The Bertz CT molecular complexity index is 476. The van der Waals surface area contributed by atoms with Crippen molar-refractivity contribution in [3.8, 4) is 5.75 Å². The van der Waals surface area contributed by atoms with Crippen LogP contribution >= 0.6 is 12.2 Å². The lowest BCUT2D eigenvalue weighted by molar-refractivity contribution is -0.0498. The Kier molecular flexibility index (Phi) is 6.33. The summed E-state index contributed by atoms with van der Waals surface area (Å²) >= 11 is 5.41. The molecule has 1 fully saturated rings. The first-order chi connectivity index (χ1) is 10.6. The van der Waals surface area contributed by atoms with Crippen molar-refractivity contribution in [1.82, 2.24) is 9.80 Å². The molecule has 0 saturated carbocycles. The van der Waals surface area contributed by atoms with Gasteiger partial charge in [-0.1, -0.05) is 6.92 Å². The Morgan fingerprint density at radius 2 is 1.86 bits per heavy atom. The van der Waals surface area contributed by atoms with Crippen LogP contribution in [0.3, 0.4) is 0 Å². The van der Waals surface area contributed by atoms with Crippen molar-refractivity contribution in [1.29, 1.82) is 0 Å². The standard InChI is InChI=1S/C15H21F2N3OS/c1-2-7-19-8-10-20(11-9-19)15(22)18-12-3-5-13(6-4-12)21-14(16)17/h3-6,14H,2,7-11H2,1H3,(H,18,22). The fourth-order valence-electron chi connectivity index (χ4n) is 2.41. The highest BCUT2D eigenvalue weighted by Gasteiger charge is 2.18. The van der Waals surface area contributed by atoms with Gasteiger partial charge in [-0.25, -0.2) is 0 Å². The lowest BCUT2D eigenvalue weighted by atomic mass is 10.3. The first kappa shape index (κ1) is 16.9. The first-order valence-corrected chi connectivity index (χ1v) is 7.82. The minimum Gasteiger partial charge on any atom is -0.435 e. The van der Waals surface area contributed by atoms with E-state index < -0.39 is 6.61 Å². The number of alkyl halides is 2. The van der Waals surface area contributed by atoms with Crippen molar-refractivity contribution < 1.29 is 13.5 Å². The Labute approximate surface area is 135 Å². The van der Waals surface area contributed by atoms with Gasteiger partial charge >= 0.3 is 6.61 Å². The Morgan fingerprint density at radius 1 is 1.23 bits per heavy atom. The summed E-state index contributed by atoms with van der Waals surface area (Å²) < 4.78 is 28.5. The maximum Gasteiger partial charge on any atom is 0.387 e. The lowest BCUT2D eigenvalue weighted by Gasteiger charge is -2.36. The molecule has 1 aromatic carbocycles. The summed E-state index contributed by atoms with van der Waals surface area (Å²) in [4.78, 5) is 4.56. The summed E-state index contributed by atoms with van der Waals surface area (Å²) in [7, 11) is 0. The van der Waals surface area contributed by atoms with Crippen molar-refractivity contribution >= 4 is 23.0 Å². The normalized spacial score (nSPS) is 15.9. The number of nitrogens with zero attached hydrogens (tertiary/aromatic N) is 2. The molecule has 1 N–H and O–H groups in total. The number of halogens is 2. The van der Waals surface area contributed by atoms with Crippen LogP contribution in [0.5, 0.6) is 5.75 Å². The predicted molar refractivity (Wildman–Crippen MR) is 87.6 cm³/mol. The topological polar surface area (TPSA) is 27.7 Å². The van der Waals surface area contributed by atoms with Gasteiger partial charge in [0.2, 0.25) is 0 Å². The molecule has 0 amide bonds. The van der Waals surface area contributed by atoms with E-state index in [4.69, 9.17) is 12.2 Å². The molecule has 7 heteroatoms. The van der Waals surface area contributed by atoms with E-state index in [1.54, 1.807) is 12.1 Å². The van der Waals surface area contributed by atoms with Crippen LogP contribution in [0.15, 0.2) is 24.3 Å². The van der Waals surface area contributed by atoms with Gasteiger partial charge in [0.1, 0.15) is 5.75 Å². The van der Waals surface area contributed by atoms with Crippen molar-refractivity contribution in [2.75, 3.05) is 38.0 Å². The first-order valence-electron chi connectivity index (χ1n) is 7.41. The average molecular weight is 329 g/mol. The molecule has 0 spiro atoms. The quantitative estimate of drug-likeness (QED) is 0.839. The molecule has 1 heterocycles. The van der Waals surface area contributed by atoms with E-state index in [1.165, 1.54) is 12.1 Å². The number of ether oxygens (including phenoxy) is 1. The van der Waals surface area contributed by atoms with Gasteiger partial charge in [0.25, 0.3) is 0 Å². The van der Waals surface area contributed by atoms with Gasteiger partial charge in [0.15, 0.2) is 5.11 Å². The third-order valence-corrected chi connectivity index (χ3v) is 3.89. The molecule has 2 rings (SSSR count). The number of hydrogen-bond donors (Lipinski definition) is 1. The third kappa shape index (κ3) is 5.06. The summed E-state index contributed by atoms with van der Waals surface area (Å²) in [5, 5.41) is 3.80. The monoisotopic (exact) mass is 329 g/mol. The molecule has 122 valence electrons. The molecule has 0 atom stereocenters. The lowest BCUT2D eigenvalue weighted by Crippen LogP contribution is -2.49. The second-order valence-corrected chi connectivity index (χ2v) is 5.55. The Morgan fingerprint density at radius 3 is 2.41 bits per heavy atom. The number of anilines is 1. The molecular formula is C15H21F2N3OS. The van der Waals surface area contributed by atoms with E-state index in [0.717, 1.165) is 44.8 Å². The molecule has 0 radical (unpaired) electrons. The van der Waals surface area contributed by atoms with E-state index in [1.807, 2.05) is 0 Å². The molecule has 1 aliphatic rings. The number of nitrogens with one attached hydrogen (secondary N) is 1. The Hall–Kier alpha value is -1.47. The number of thiocarbonyl (C=S) groups is 1. The van der Waals surface area contributed by atoms with E-state index in [0.29, 0.717) is 5.11 Å². The molecule has 0 aromatic heterocycles. The van der Waals surface area contributed by atoms with Crippen LogP contribution in [0.25, 0.3) is 0 Å². The van der Waals surface area contributed by atoms with Crippen molar-refractivity contribution in [3.05, 3.63) is 24.3 Å². The van der Waals surface area contributed by atoms with Crippen molar-refractivity contribution in [2.45, 2.75) is 20.0 Å². The van der Waals surface area contributed by atoms with Crippen LogP contribution in [-0.2, 0) is 0 Å². The molecular weight excluding hydrogens is 308 g/mol. The zero-order valence-electron chi connectivity index (χ0n) is 12.6. The molecule has 1 aliphatic heterocycles. The summed E-state index contributed by atoms with van der Waals surface area (Å²) in [6.45, 7) is 4.32. The van der Waals surface area contributed by atoms with Crippen molar-refractivity contribution in [2.24, 2.45) is 0 Å². The highest BCUT2D eigenvalue weighted by molar-refractivity contribution is 7.80. The van der Waals surface area contributed by atoms with Gasteiger partial charge < -0.3 is 15.0 Å². The van der Waals surface area contributed by atoms with Gasteiger partial charge in [-0.05, 0) is 49.4 Å². The summed E-state index contributed by atoms with van der Waals surface area (Å²) in [6, 6.07) is 6.35. The number of rotatable bonds is 5. The predicted octanol–water partition coefficient (Wildman–Crippen LogP) is 3.01. The van der Waals surface area contributed by atoms with Crippen LogP contribution in [0, 0.1) is 0 Å². The van der Waals surface area contributed by atoms with Crippen LogP contribution < -0.4 is 10.1 Å². The van der Waals surface area contributed by atoms with E-state index in [9.17, 15) is 8.78 Å². The van der Waals surface area contributed by atoms with Crippen molar-refractivity contribution in [3.63, 3.8) is 0 Å².